The van der Waals surface area contributed by atoms with Crippen molar-refractivity contribution in [2.75, 3.05) is 75.0 Å². The van der Waals surface area contributed by atoms with Crippen molar-refractivity contribution in [1.29, 1.82) is 0 Å². The minimum absolute atomic E-state index is 0. The predicted octanol–water partition coefficient (Wildman–Crippen LogP) is 1.18. The van der Waals surface area contributed by atoms with E-state index in [0.717, 1.165) is 84.6 Å². The first kappa shape index (κ1) is 55.4. The maximum Gasteiger partial charge on any atom is 0.243 e. The molecule has 0 radical (unpaired) electrons. The van der Waals surface area contributed by atoms with Crippen LogP contribution in [0.1, 0.15) is 54.4 Å². The molecule has 0 unspecified atom stereocenters. The molecule has 0 saturated carbocycles. The lowest BCUT2D eigenvalue weighted by atomic mass is 10.1. The average molecular weight is 996 g/mol. The van der Waals surface area contributed by atoms with Gasteiger partial charge >= 0.3 is 0 Å². The first-order valence-electron chi connectivity index (χ1n) is 17.6. The van der Waals surface area contributed by atoms with Crippen molar-refractivity contribution in [3.63, 3.8) is 0 Å². The predicted molar refractivity (Wildman–Crippen MR) is 223 cm³/mol. The number of halogens is 4. The summed E-state index contributed by atoms with van der Waals surface area (Å²) in [7, 11) is 13.0. The lowest BCUT2D eigenvalue weighted by Crippen LogP contribution is -3.00. The van der Waals surface area contributed by atoms with Crippen LogP contribution in [0.5, 0.6) is 0 Å². The maximum absolute atomic E-state index is 11.3. The highest BCUT2D eigenvalue weighted by Gasteiger charge is 2.18. The maximum atomic E-state index is 11.3. The van der Waals surface area contributed by atoms with E-state index < -0.39 is 0 Å². The summed E-state index contributed by atoms with van der Waals surface area (Å²) in [4.78, 5) is 35.2. The van der Waals surface area contributed by atoms with E-state index in [-0.39, 0.29) is 51.6 Å². The second-order valence-corrected chi connectivity index (χ2v) is 15.3. The molecule has 0 aliphatic heterocycles. The molecule has 2 N–H and O–H groups in total. The first-order chi connectivity index (χ1) is 24.1. The van der Waals surface area contributed by atoms with E-state index in [1.165, 1.54) is 40.5 Å². The summed E-state index contributed by atoms with van der Waals surface area (Å²) in [5.41, 5.74) is 5.31. The standard InChI is InChI=1S/C25H40N3O2.C8H8Br2.C8H16N2O.2BrH/c1-7-24(29)12-9-10-18-27(3,4)20-22-13-15-23(16-14-22)21-28(5,6)19-11-17-26-25(30)8-2;9-5-7-1-2-8(6-10)4-3-7;1-4-8(11)9-6-5-7-10(2)3;;/h7-8,13-16H,1-2,9-12,17-21H2,3-6H3;1-4H,5-6H2;4H,1,5-7H2,2-3H3,(H,9,11);2*1H/q+1;;;;/p-1. The molecule has 2 aromatic rings. The normalized spacial score (nSPS) is 10.5. The van der Waals surface area contributed by atoms with E-state index in [4.69, 9.17) is 0 Å². The third kappa shape index (κ3) is 31.0. The average Bonchev–Trinajstić information content (AvgIpc) is 3.11. The summed E-state index contributed by atoms with van der Waals surface area (Å²) in [6.07, 6.45) is 8.51. The van der Waals surface area contributed by atoms with Crippen molar-refractivity contribution in [2.45, 2.75) is 55.9 Å². The molecule has 0 saturated heterocycles. The Morgan fingerprint density at radius 2 is 1.00 bits per heavy atom. The molecule has 2 amide bonds. The van der Waals surface area contributed by atoms with Gasteiger partial charge in [-0.25, -0.2) is 0 Å². The number of nitrogens with zero attached hydrogens (tertiary/aromatic N) is 3. The third-order valence-electron chi connectivity index (χ3n) is 7.93. The van der Waals surface area contributed by atoms with Gasteiger partial charge < -0.3 is 58.5 Å². The van der Waals surface area contributed by atoms with E-state index >= 15 is 0 Å². The van der Waals surface area contributed by atoms with Crippen LogP contribution in [0.25, 0.3) is 0 Å². The van der Waals surface area contributed by atoms with Crippen LogP contribution in [0.3, 0.4) is 0 Å². The minimum Gasteiger partial charge on any atom is -1.00 e. The molecule has 0 aliphatic carbocycles. The number of benzene rings is 2. The highest BCUT2D eigenvalue weighted by atomic mass is 79.9. The van der Waals surface area contributed by atoms with Crippen LogP contribution in [0, 0.1) is 0 Å². The Hall–Kier alpha value is -1.93. The third-order valence-corrected chi connectivity index (χ3v) is 9.23. The molecule has 12 heteroatoms. The number of unbranched alkanes of at least 4 members (excludes halogenated alkanes) is 1. The second-order valence-electron chi connectivity index (χ2n) is 14.2. The van der Waals surface area contributed by atoms with Crippen LogP contribution in [0.15, 0.2) is 86.5 Å². The molecular formula is C41H65Br4N5O3. The molecule has 2 rings (SSSR count). The van der Waals surface area contributed by atoms with Gasteiger partial charge in [-0.15, -0.1) is 0 Å². The largest absolute Gasteiger partial charge is 1.00 e. The van der Waals surface area contributed by atoms with Crippen molar-refractivity contribution >= 4 is 49.5 Å². The Bertz CT molecular complexity index is 1230. The molecule has 0 aromatic heterocycles. The Balaban J connectivity index is -0.000000888. The molecule has 53 heavy (non-hydrogen) atoms. The van der Waals surface area contributed by atoms with Gasteiger partial charge in [-0.2, -0.15) is 0 Å². The summed E-state index contributed by atoms with van der Waals surface area (Å²) < 4.78 is 1.80. The molecule has 0 heterocycles. The van der Waals surface area contributed by atoms with Gasteiger partial charge in [-0.3, -0.25) is 14.4 Å². The van der Waals surface area contributed by atoms with Crippen LogP contribution in [-0.4, -0.2) is 106 Å². The number of rotatable bonds is 22. The number of hydrogen-bond acceptors (Lipinski definition) is 4. The molecule has 0 spiro atoms. The van der Waals surface area contributed by atoms with Crippen LogP contribution < -0.4 is 44.6 Å². The molecule has 8 nitrogen and oxygen atoms in total. The fraction of sp³-hybridized carbons (Fsp3) is 0.488. The van der Waals surface area contributed by atoms with Crippen molar-refractivity contribution in [3.05, 3.63) is 109 Å². The van der Waals surface area contributed by atoms with Crippen molar-refractivity contribution in [2.24, 2.45) is 0 Å². The lowest BCUT2D eigenvalue weighted by molar-refractivity contribution is -0.904. The van der Waals surface area contributed by atoms with Crippen LogP contribution in [-0.2, 0) is 38.1 Å². The van der Waals surface area contributed by atoms with Gasteiger partial charge in [0.25, 0.3) is 0 Å². The minimum atomic E-state index is -0.109. The number of hydrogen-bond donors (Lipinski definition) is 2. The number of alkyl halides is 2. The highest BCUT2D eigenvalue weighted by Crippen LogP contribution is 2.16. The zero-order valence-electron chi connectivity index (χ0n) is 32.9. The molecule has 2 aromatic carbocycles. The van der Waals surface area contributed by atoms with Crippen LogP contribution in [0.4, 0.5) is 0 Å². The topological polar surface area (TPSA) is 78.5 Å². The van der Waals surface area contributed by atoms with Crippen molar-refractivity contribution < 1.29 is 57.3 Å². The Morgan fingerprint density at radius 3 is 1.36 bits per heavy atom. The fourth-order valence-electron chi connectivity index (χ4n) is 5.03. The molecule has 300 valence electrons. The van der Waals surface area contributed by atoms with Crippen molar-refractivity contribution in [1.82, 2.24) is 15.5 Å². The number of allylic oxidation sites excluding steroid dienone is 1. The number of ketones is 1. The van der Waals surface area contributed by atoms with Gasteiger partial charge in [0, 0.05) is 47.7 Å². The number of amides is 2. The summed E-state index contributed by atoms with van der Waals surface area (Å²) in [6.45, 7) is 16.8. The monoisotopic (exact) mass is 991 g/mol. The molecule has 0 fully saturated rings. The summed E-state index contributed by atoms with van der Waals surface area (Å²) in [5.74, 6) is -0.0648. The quantitative estimate of drug-likeness (QED) is 0.0806. The second kappa shape index (κ2) is 32.3. The van der Waals surface area contributed by atoms with Gasteiger partial charge in [-0.05, 0) is 69.3 Å². The Morgan fingerprint density at radius 1 is 0.623 bits per heavy atom. The first-order valence-corrected chi connectivity index (χ1v) is 19.9. The van der Waals surface area contributed by atoms with Gasteiger partial charge in [0.2, 0.25) is 11.8 Å². The lowest BCUT2D eigenvalue weighted by Gasteiger charge is -2.31. The smallest absolute Gasteiger partial charge is 0.243 e. The van der Waals surface area contributed by atoms with E-state index in [1.807, 2.05) is 14.1 Å². The van der Waals surface area contributed by atoms with E-state index in [2.05, 4.69) is 144 Å². The van der Waals surface area contributed by atoms with Gasteiger partial charge in [0.1, 0.15) is 13.1 Å². The van der Waals surface area contributed by atoms with Crippen molar-refractivity contribution in [3.8, 4) is 0 Å². The number of quaternary nitrogens is 2. The number of nitrogens with one attached hydrogen (secondary N) is 2. The van der Waals surface area contributed by atoms with E-state index in [9.17, 15) is 14.4 Å². The van der Waals surface area contributed by atoms with Crippen LogP contribution >= 0.6 is 31.9 Å². The molecular weight excluding hydrogens is 930 g/mol. The zero-order valence-corrected chi connectivity index (χ0v) is 39.3. The SMILES string of the molecule is BrCc1ccc(CBr)cc1.C=CC(=O)CCCC[N+](C)(C)Cc1ccc(C[N+](C)(C)CCCNC(=O)C=C)cc1.C=CC(=O)NCCCN(C)C.[Br-].[Br-]. The molecule has 0 aliphatic rings. The highest BCUT2D eigenvalue weighted by molar-refractivity contribution is 9.08. The number of carbonyl (C=O) groups is 3. The van der Waals surface area contributed by atoms with E-state index in [1.54, 1.807) is 0 Å². The summed E-state index contributed by atoms with van der Waals surface area (Å²) in [5, 5.41) is 7.42. The molecule has 0 atom stereocenters. The van der Waals surface area contributed by atoms with Gasteiger partial charge in [0.05, 0.1) is 41.3 Å². The fourth-order valence-corrected chi connectivity index (χ4v) is 5.77. The zero-order chi connectivity index (χ0) is 38.7. The van der Waals surface area contributed by atoms with Crippen LogP contribution in [0.2, 0.25) is 0 Å². The Labute approximate surface area is 359 Å². The number of carbonyl (C=O) groups excluding carboxylic acids is 3. The Kier molecular flexibility index (Phi) is 33.8. The molecule has 0 bridgehead atoms. The van der Waals surface area contributed by atoms with Gasteiger partial charge in [0.15, 0.2) is 5.78 Å². The summed E-state index contributed by atoms with van der Waals surface area (Å²) >= 11 is 6.78. The van der Waals surface area contributed by atoms with E-state index in [0.29, 0.717) is 13.0 Å². The summed E-state index contributed by atoms with van der Waals surface area (Å²) in [6, 6.07) is 17.5. The van der Waals surface area contributed by atoms with Gasteiger partial charge in [-0.1, -0.05) is 100 Å².